The van der Waals surface area contributed by atoms with Crippen molar-refractivity contribution in [2.45, 2.75) is 57.3 Å². The van der Waals surface area contributed by atoms with E-state index in [1.807, 2.05) is 20.8 Å². The molecule has 0 aliphatic carbocycles. The van der Waals surface area contributed by atoms with Gasteiger partial charge in [0.1, 0.15) is 5.60 Å². The number of rotatable bonds is 0. The number of hydrogen-bond acceptors (Lipinski definition) is 4. The molecule has 104 valence electrons. The number of carbonyl (C=O) groups is 1. The molecule has 2 aliphatic heterocycles. The zero-order valence-electron chi connectivity index (χ0n) is 11.6. The van der Waals surface area contributed by atoms with Crippen LogP contribution in [-0.2, 0) is 9.47 Å². The van der Waals surface area contributed by atoms with Crippen molar-refractivity contribution in [3.8, 4) is 0 Å². The summed E-state index contributed by atoms with van der Waals surface area (Å²) in [5.41, 5.74) is 5.32. The smallest absolute Gasteiger partial charge is 0.410 e. The fourth-order valence-electron chi connectivity index (χ4n) is 2.68. The topological polar surface area (TPSA) is 64.8 Å². The van der Waals surface area contributed by atoms with Crippen molar-refractivity contribution >= 4 is 6.09 Å². The Balaban J connectivity index is 1.93. The molecule has 0 aromatic heterocycles. The van der Waals surface area contributed by atoms with E-state index in [1.165, 1.54) is 0 Å². The molecular formula is C13H24N2O3. The minimum atomic E-state index is -0.448. The highest BCUT2D eigenvalue weighted by atomic mass is 16.6. The SMILES string of the molecule is CC(C)(C)OC(=O)N1CC[C@@]2(C[C@@H](N)CCO2)C1. The van der Waals surface area contributed by atoms with Crippen molar-refractivity contribution in [1.29, 1.82) is 0 Å². The third-order valence-electron chi connectivity index (χ3n) is 3.50. The summed E-state index contributed by atoms with van der Waals surface area (Å²) >= 11 is 0. The molecule has 2 atom stereocenters. The number of hydrogen-bond donors (Lipinski definition) is 1. The summed E-state index contributed by atoms with van der Waals surface area (Å²) in [5, 5.41) is 0. The number of ether oxygens (including phenoxy) is 2. The van der Waals surface area contributed by atoms with Crippen LogP contribution in [0.5, 0.6) is 0 Å². The van der Waals surface area contributed by atoms with Crippen molar-refractivity contribution in [2.75, 3.05) is 19.7 Å². The predicted octanol–water partition coefficient (Wildman–Crippen LogP) is 1.50. The first kappa shape index (κ1) is 13.6. The Bertz CT molecular complexity index is 327. The molecule has 2 N–H and O–H groups in total. The monoisotopic (exact) mass is 256 g/mol. The molecule has 0 aromatic rings. The van der Waals surface area contributed by atoms with Crippen molar-refractivity contribution in [3.63, 3.8) is 0 Å². The highest BCUT2D eigenvalue weighted by Crippen LogP contribution is 2.34. The number of likely N-dealkylation sites (tertiary alicyclic amines) is 1. The third-order valence-corrected chi connectivity index (χ3v) is 3.50. The van der Waals surface area contributed by atoms with Crippen LogP contribution in [0, 0.1) is 0 Å². The summed E-state index contributed by atoms with van der Waals surface area (Å²) in [6.45, 7) is 7.64. The van der Waals surface area contributed by atoms with Gasteiger partial charge in [-0.1, -0.05) is 0 Å². The second-order valence-electron chi connectivity index (χ2n) is 6.44. The Morgan fingerprint density at radius 1 is 1.50 bits per heavy atom. The Kier molecular flexibility index (Phi) is 3.56. The maximum Gasteiger partial charge on any atom is 0.410 e. The van der Waals surface area contributed by atoms with Gasteiger partial charge >= 0.3 is 6.09 Å². The van der Waals surface area contributed by atoms with E-state index in [0.717, 1.165) is 19.3 Å². The maximum atomic E-state index is 12.0. The minimum Gasteiger partial charge on any atom is -0.444 e. The van der Waals surface area contributed by atoms with Crippen LogP contribution in [0.2, 0.25) is 0 Å². The van der Waals surface area contributed by atoms with Gasteiger partial charge in [0.05, 0.1) is 12.1 Å². The largest absolute Gasteiger partial charge is 0.444 e. The summed E-state index contributed by atoms with van der Waals surface area (Å²) in [6, 6.07) is 0.192. The third kappa shape index (κ3) is 3.14. The Morgan fingerprint density at radius 3 is 2.83 bits per heavy atom. The lowest BCUT2D eigenvalue weighted by Crippen LogP contribution is -2.47. The van der Waals surface area contributed by atoms with Gasteiger partial charge in [0, 0.05) is 19.2 Å². The summed E-state index contributed by atoms with van der Waals surface area (Å²) in [7, 11) is 0. The van der Waals surface area contributed by atoms with Gasteiger partial charge in [0.2, 0.25) is 0 Å². The van der Waals surface area contributed by atoms with Crippen LogP contribution in [0.15, 0.2) is 0 Å². The van der Waals surface area contributed by atoms with Crippen LogP contribution in [0.3, 0.4) is 0 Å². The van der Waals surface area contributed by atoms with Gasteiger partial charge < -0.3 is 20.1 Å². The molecule has 2 aliphatic rings. The normalized spacial score (nSPS) is 32.9. The van der Waals surface area contributed by atoms with Crippen molar-refractivity contribution in [2.24, 2.45) is 5.73 Å². The molecule has 2 fully saturated rings. The average Bonchev–Trinajstić information content (AvgIpc) is 2.59. The molecule has 18 heavy (non-hydrogen) atoms. The van der Waals surface area contributed by atoms with Gasteiger partial charge in [-0.2, -0.15) is 0 Å². The second kappa shape index (κ2) is 4.70. The van der Waals surface area contributed by atoms with E-state index >= 15 is 0 Å². The fraction of sp³-hybridized carbons (Fsp3) is 0.923. The number of nitrogens with zero attached hydrogens (tertiary/aromatic N) is 1. The van der Waals surface area contributed by atoms with Gasteiger partial charge in [-0.3, -0.25) is 0 Å². The highest BCUT2D eigenvalue weighted by molar-refractivity contribution is 5.68. The van der Waals surface area contributed by atoms with E-state index in [0.29, 0.717) is 19.7 Å². The predicted molar refractivity (Wildman–Crippen MR) is 68.3 cm³/mol. The van der Waals surface area contributed by atoms with E-state index in [-0.39, 0.29) is 17.7 Å². The molecule has 0 bridgehead atoms. The fourth-order valence-corrected chi connectivity index (χ4v) is 2.68. The molecular weight excluding hydrogens is 232 g/mol. The van der Waals surface area contributed by atoms with Crippen LogP contribution in [-0.4, -0.2) is 47.9 Å². The lowest BCUT2D eigenvalue weighted by molar-refractivity contribution is -0.0763. The lowest BCUT2D eigenvalue weighted by atomic mass is 9.90. The van der Waals surface area contributed by atoms with Gasteiger partial charge in [-0.25, -0.2) is 4.79 Å². The summed E-state index contributed by atoms with van der Waals surface area (Å²) in [5.74, 6) is 0. The molecule has 2 heterocycles. The van der Waals surface area contributed by atoms with Crippen LogP contribution < -0.4 is 5.73 Å². The Labute approximate surface area is 109 Å². The molecule has 0 radical (unpaired) electrons. The number of nitrogens with two attached hydrogens (primary N) is 1. The summed E-state index contributed by atoms with van der Waals surface area (Å²) in [6.07, 6.45) is 2.36. The van der Waals surface area contributed by atoms with E-state index in [2.05, 4.69) is 0 Å². The number of amides is 1. The van der Waals surface area contributed by atoms with Crippen molar-refractivity contribution in [3.05, 3.63) is 0 Å². The molecule has 0 aromatic carbocycles. The van der Waals surface area contributed by atoms with E-state index in [9.17, 15) is 4.79 Å². The first-order valence-electron chi connectivity index (χ1n) is 6.67. The van der Waals surface area contributed by atoms with E-state index in [1.54, 1.807) is 4.90 Å². The number of carbonyl (C=O) groups excluding carboxylic acids is 1. The maximum absolute atomic E-state index is 12.0. The van der Waals surface area contributed by atoms with E-state index in [4.69, 9.17) is 15.2 Å². The van der Waals surface area contributed by atoms with Gasteiger partial charge in [0.25, 0.3) is 0 Å². The molecule has 1 spiro atoms. The quantitative estimate of drug-likeness (QED) is 0.713. The van der Waals surface area contributed by atoms with E-state index < -0.39 is 5.60 Å². The van der Waals surface area contributed by atoms with Gasteiger partial charge in [0.15, 0.2) is 0 Å². The zero-order chi connectivity index (χ0) is 13.4. The van der Waals surface area contributed by atoms with Crippen LogP contribution in [0.25, 0.3) is 0 Å². The van der Waals surface area contributed by atoms with Crippen LogP contribution in [0.1, 0.15) is 40.0 Å². The Morgan fingerprint density at radius 2 is 2.22 bits per heavy atom. The van der Waals surface area contributed by atoms with Crippen LogP contribution >= 0.6 is 0 Å². The first-order valence-corrected chi connectivity index (χ1v) is 6.67. The molecule has 5 heteroatoms. The van der Waals surface area contributed by atoms with Crippen molar-refractivity contribution < 1.29 is 14.3 Å². The second-order valence-corrected chi connectivity index (χ2v) is 6.44. The lowest BCUT2D eigenvalue weighted by Gasteiger charge is -2.36. The highest BCUT2D eigenvalue weighted by Gasteiger charge is 2.44. The van der Waals surface area contributed by atoms with Gasteiger partial charge in [-0.05, 0) is 40.0 Å². The zero-order valence-corrected chi connectivity index (χ0v) is 11.6. The average molecular weight is 256 g/mol. The molecule has 1 amide bonds. The molecule has 0 saturated carbocycles. The summed E-state index contributed by atoms with van der Waals surface area (Å²) < 4.78 is 11.3. The van der Waals surface area contributed by atoms with Crippen molar-refractivity contribution in [1.82, 2.24) is 4.90 Å². The molecule has 0 unspecified atom stereocenters. The molecule has 5 nitrogen and oxygen atoms in total. The first-order chi connectivity index (χ1) is 8.30. The Hall–Kier alpha value is -0.810. The summed E-state index contributed by atoms with van der Waals surface area (Å²) in [4.78, 5) is 13.7. The van der Waals surface area contributed by atoms with Crippen LogP contribution in [0.4, 0.5) is 4.79 Å². The minimum absolute atomic E-state index is 0.192. The standard InChI is InChI=1S/C13H24N2O3/c1-12(2,3)18-11(16)15-6-5-13(9-15)8-10(14)4-7-17-13/h10H,4-9,14H2,1-3H3/t10-,13+/m0/s1. The molecule has 2 rings (SSSR count). The molecule has 2 saturated heterocycles. The van der Waals surface area contributed by atoms with Gasteiger partial charge in [-0.15, -0.1) is 0 Å².